The van der Waals surface area contributed by atoms with Gasteiger partial charge in [-0.1, -0.05) is 19.9 Å². The normalized spacial score (nSPS) is 17.2. The van der Waals surface area contributed by atoms with E-state index >= 15 is 0 Å². The van der Waals surface area contributed by atoms with Crippen LogP contribution < -0.4 is 0 Å². The molecule has 0 spiro atoms. The molecule has 0 aromatic carbocycles. The lowest BCUT2D eigenvalue weighted by molar-refractivity contribution is 0.0580. The van der Waals surface area contributed by atoms with Gasteiger partial charge >= 0.3 is 0 Å². The summed E-state index contributed by atoms with van der Waals surface area (Å²) in [5.74, 6) is 0.472. The Bertz CT molecular complexity index is 672. The van der Waals surface area contributed by atoms with Gasteiger partial charge in [0.15, 0.2) is 0 Å². The van der Waals surface area contributed by atoms with Gasteiger partial charge < -0.3 is 9.88 Å². The van der Waals surface area contributed by atoms with Crippen LogP contribution in [0.4, 0.5) is 0 Å². The predicted molar refractivity (Wildman–Crippen MR) is 95.0 cm³/mol. The van der Waals surface area contributed by atoms with E-state index in [1.165, 1.54) is 5.56 Å². The van der Waals surface area contributed by atoms with Gasteiger partial charge in [-0.2, -0.15) is 0 Å². The van der Waals surface area contributed by atoms with Crippen LogP contribution in [0.15, 0.2) is 36.8 Å². The van der Waals surface area contributed by atoms with E-state index in [0.29, 0.717) is 12.0 Å². The lowest BCUT2D eigenvalue weighted by Crippen LogP contribution is -2.49. The summed E-state index contributed by atoms with van der Waals surface area (Å²) in [5, 5.41) is 0. The first-order valence-electron chi connectivity index (χ1n) is 8.68. The van der Waals surface area contributed by atoms with Crippen LogP contribution >= 0.6 is 0 Å². The molecule has 128 valence electrons. The molecular formula is C19H26N4O. The van der Waals surface area contributed by atoms with Crippen molar-refractivity contribution in [1.82, 2.24) is 19.8 Å². The molecule has 1 unspecified atom stereocenters. The van der Waals surface area contributed by atoms with Crippen LogP contribution in [-0.2, 0) is 0 Å². The number of carbonyl (C=O) groups excluding carboxylic acids is 1. The number of aromatic nitrogens is 2. The van der Waals surface area contributed by atoms with Crippen LogP contribution in [0.5, 0.6) is 0 Å². The van der Waals surface area contributed by atoms with Crippen LogP contribution in [-0.4, -0.2) is 51.9 Å². The van der Waals surface area contributed by atoms with Crippen molar-refractivity contribution in [3.05, 3.63) is 53.6 Å². The van der Waals surface area contributed by atoms with Crippen LogP contribution in [0, 0.1) is 0 Å². The lowest BCUT2D eigenvalue weighted by atomic mass is 10.0. The molecule has 3 heterocycles. The summed E-state index contributed by atoms with van der Waals surface area (Å²) in [5.41, 5.74) is 3.08. The Morgan fingerprint density at radius 3 is 2.54 bits per heavy atom. The molecule has 5 heteroatoms. The molecule has 1 atom stereocenters. The Morgan fingerprint density at radius 2 is 1.92 bits per heavy atom. The third-order valence-corrected chi connectivity index (χ3v) is 4.90. The highest BCUT2D eigenvalue weighted by atomic mass is 16.2. The second-order valence-corrected chi connectivity index (χ2v) is 6.75. The number of carbonyl (C=O) groups is 1. The summed E-state index contributed by atoms with van der Waals surface area (Å²) in [6.45, 7) is 9.74. The summed E-state index contributed by atoms with van der Waals surface area (Å²) in [6, 6.07) is 6.33. The van der Waals surface area contributed by atoms with Crippen LogP contribution in [0.2, 0.25) is 0 Å². The molecule has 1 aliphatic heterocycles. The number of pyridine rings is 1. The first-order chi connectivity index (χ1) is 11.6. The molecule has 3 rings (SSSR count). The third-order valence-electron chi connectivity index (χ3n) is 4.90. The number of hydrogen-bond donors (Lipinski definition) is 1. The van der Waals surface area contributed by atoms with Crippen molar-refractivity contribution in [2.24, 2.45) is 0 Å². The average Bonchev–Trinajstić information content (AvgIpc) is 3.11. The Balaban J connectivity index is 1.63. The number of amides is 1. The van der Waals surface area contributed by atoms with E-state index in [2.05, 4.69) is 41.7 Å². The zero-order chi connectivity index (χ0) is 17.1. The number of nitrogens with zero attached hydrogens (tertiary/aromatic N) is 3. The summed E-state index contributed by atoms with van der Waals surface area (Å²) in [6.07, 6.45) is 5.59. The molecule has 2 aromatic rings. The number of H-pyrrole nitrogens is 1. The lowest BCUT2D eigenvalue weighted by Gasteiger charge is -2.38. The molecule has 1 N–H and O–H groups in total. The number of hydrogen-bond acceptors (Lipinski definition) is 3. The monoisotopic (exact) mass is 326 g/mol. The van der Waals surface area contributed by atoms with Crippen molar-refractivity contribution >= 4 is 5.91 Å². The van der Waals surface area contributed by atoms with E-state index in [9.17, 15) is 4.79 Å². The average molecular weight is 326 g/mol. The molecule has 1 aliphatic rings. The van der Waals surface area contributed by atoms with Crippen molar-refractivity contribution < 1.29 is 4.79 Å². The summed E-state index contributed by atoms with van der Waals surface area (Å²) in [7, 11) is 0. The second kappa shape index (κ2) is 7.18. The minimum Gasteiger partial charge on any atom is -0.364 e. The second-order valence-electron chi connectivity index (χ2n) is 6.75. The SMILES string of the molecule is CC(C)c1[nH]ccc1C(=O)N1CCN(C(C)c2cccnc2)CC1. The van der Waals surface area contributed by atoms with E-state index in [4.69, 9.17) is 0 Å². The van der Waals surface area contributed by atoms with Gasteiger partial charge in [0.2, 0.25) is 0 Å². The maximum Gasteiger partial charge on any atom is 0.255 e. The summed E-state index contributed by atoms with van der Waals surface area (Å²) < 4.78 is 0. The molecule has 0 aliphatic carbocycles. The largest absolute Gasteiger partial charge is 0.364 e. The van der Waals surface area contributed by atoms with Gasteiger partial charge in [-0.3, -0.25) is 14.7 Å². The number of aromatic amines is 1. The highest BCUT2D eigenvalue weighted by Gasteiger charge is 2.27. The van der Waals surface area contributed by atoms with E-state index in [0.717, 1.165) is 37.4 Å². The molecular weight excluding hydrogens is 300 g/mol. The van der Waals surface area contributed by atoms with E-state index in [-0.39, 0.29) is 5.91 Å². The third kappa shape index (κ3) is 3.36. The molecule has 1 amide bonds. The van der Waals surface area contributed by atoms with Gasteiger partial charge in [-0.15, -0.1) is 0 Å². The van der Waals surface area contributed by atoms with Gasteiger partial charge in [0.05, 0.1) is 5.56 Å². The summed E-state index contributed by atoms with van der Waals surface area (Å²) in [4.78, 5) is 24.6. The minimum atomic E-state index is 0.147. The van der Waals surface area contributed by atoms with E-state index < -0.39 is 0 Å². The van der Waals surface area contributed by atoms with Crippen LogP contribution in [0.25, 0.3) is 0 Å². The van der Waals surface area contributed by atoms with Crippen molar-refractivity contribution in [2.45, 2.75) is 32.7 Å². The minimum absolute atomic E-state index is 0.147. The molecule has 1 fully saturated rings. The topological polar surface area (TPSA) is 52.2 Å². The standard InChI is InChI=1S/C19H26N4O/c1-14(2)18-17(6-8-21-18)19(24)23-11-9-22(10-12-23)15(3)16-5-4-7-20-13-16/h4-8,13-15,21H,9-12H2,1-3H3. The predicted octanol–water partition coefficient (Wildman–Crippen LogP) is 3.05. The molecule has 0 radical (unpaired) electrons. The van der Waals surface area contributed by atoms with Gasteiger partial charge in [0.1, 0.15) is 0 Å². The van der Waals surface area contributed by atoms with Crippen molar-refractivity contribution in [1.29, 1.82) is 0 Å². The number of piperazine rings is 1. The number of nitrogens with one attached hydrogen (secondary N) is 1. The Morgan fingerprint density at radius 1 is 1.17 bits per heavy atom. The van der Waals surface area contributed by atoms with Crippen LogP contribution in [0.1, 0.15) is 54.3 Å². The fourth-order valence-electron chi connectivity index (χ4n) is 3.36. The van der Waals surface area contributed by atoms with E-state index in [1.807, 2.05) is 29.4 Å². The van der Waals surface area contributed by atoms with Crippen molar-refractivity contribution in [3.8, 4) is 0 Å². The highest BCUT2D eigenvalue weighted by molar-refractivity contribution is 5.95. The highest BCUT2D eigenvalue weighted by Crippen LogP contribution is 2.23. The zero-order valence-corrected chi connectivity index (χ0v) is 14.7. The fraction of sp³-hybridized carbons (Fsp3) is 0.474. The molecule has 1 saturated heterocycles. The Hall–Kier alpha value is -2.14. The number of rotatable bonds is 4. The molecule has 0 saturated carbocycles. The maximum atomic E-state index is 12.8. The molecule has 0 bridgehead atoms. The van der Waals surface area contributed by atoms with Gasteiger partial charge in [0, 0.05) is 56.5 Å². The van der Waals surface area contributed by atoms with E-state index in [1.54, 1.807) is 6.20 Å². The molecule has 24 heavy (non-hydrogen) atoms. The van der Waals surface area contributed by atoms with Gasteiger partial charge in [-0.25, -0.2) is 0 Å². The smallest absolute Gasteiger partial charge is 0.255 e. The quantitative estimate of drug-likeness (QED) is 0.939. The van der Waals surface area contributed by atoms with Gasteiger partial charge in [0.25, 0.3) is 5.91 Å². The first-order valence-corrected chi connectivity index (χ1v) is 8.68. The Kier molecular flexibility index (Phi) is 5.00. The zero-order valence-electron chi connectivity index (χ0n) is 14.7. The maximum absolute atomic E-state index is 12.8. The van der Waals surface area contributed by atoms with Crippen LogP contribution in [0.3, 0.4) is 0 Å². The van der Waals surface area contributed by atoms with Crippen molar-refractivity contribution in [2.75, 3.05) is 26.2 Å². The fourth-order valence-corrected chi connectivity index (χ4v) is 3.36. The van der Waals surface area contributed by atoms with Crippen molar-refractivity contribution in [3.63, 3.8) is 0 Å². The van der Waals surface area contributed by atoms with Gasteiger partial charge in [-0.05, 0) is 30.5 Å². The molecule has 5 nitrogen and oxygen atoms in total. The first kappa shape index (κ1) is 16.7. The Labute approximate surface area is 143 Å². The molecule has 2 aromatic heterocycles. The summed E-state index contributed by atoms with van der Waals surface area (Å²) >= 11 is 0.